The summed E-state index contributed by atoms with van der Waals surface area (Å²) in [7, 11) is 1.35. The van der Waals surface area contributed by atoms with Crippen molar-refractivity contribution < 1.29 is 23.9 Å². The monoisotopic (exact) mass is 375 g/mol. The molecule has 2 aliphatic rings. The van der Waals surface area contributed by atoms with Gasteiger partial charge in [-0.15, -0.1) is 0 Å². The first-order valence-corrected chi connectivity index (χ1v) is 9.16. The van der Waals surface area contributed by atoms with Gasteiger partial charge in [0.15, 0.2) is 0 Å². The number of amides is 2. The molecule has 3 rings (SSSR count). The maximum absolute atomic E-state index is 12.8. The lowest BCUT2D eigenvalue weighted by Crippen LogP contribution is -2.54. The second kappa shape index (κ2) is 8.85. The van der Waals surface area contributed by atoms with E-state index >= 15 is 0 Å². The molecule has 8 heteroatoms. The lowest BCUT2D eigenvalue weighted by Gasteiger charge is -2.36. The van der Waals surface area contributed by atoms with Crippen molar-refractivity contribution >= 4 is 18.0 Å². The normalized spacial score (nSPS) is 25.1. The molecule has 3 atom stereocenters. The summed E-state index contributed by atoms with van der Waals surface area (Å²) in [4.78, 5) is 38.5. The summed E-state index contributed by atoms with van der Waals surface area (Å²) in [6, 6.07) is 8.51. The molecule has 2 heterocycles. The van der Waals surface area contributed by atoms with Crippen LogP contribution in [0.2, 0.25) is 0 Å². The van der Waals surface area contributed by atoms with Crippen LogP contribution in [0.1, 0.15) is 18.4 Å². The lowest BCUT2D eigenvalue weighted by molar-refractivity contribution is -0.150. The van der Waals surface area contributed by atoms with Crippen LogP contribution < -0.4 is 10.6 Å². The Kier molecular flexibility index (Phi) is 6.28. The van der Waals surface area contributed by atoms with Crippen LogP contribution in [0, 0.1) is 5.92 Å². The molecule has 0 aromatic heterocycles. The minimum Gasteiger partial charge on any atom is -0.469 e. The molecule has 2 N–H and O–H groups in total. The van der Waals surface area contributed by atoms with E-state index in [1.54, 1.807) is 4.90 Å². The maximum Gasteiger partial charge on any atom is 0.408 e. The number of benzene rings is 1. The topological polar surface area (TPSA) is 97.0 Å². The zero-order valence-electron chi connectivity index (χ0n) is 15.3. The molecule has 0 saturated carbocycles. The SMILES string of the molecule is COC(=O)C1CNCCC1N1CCC(NC(=O)OCc2ccccc2)C1=O. The van der Waals surface area contributed by atoms with Crippen molar-refractivity contribution in [3.8, 4) is 0 Å². The van der Waals surface area contributed by atoms with Gasteiger partial charge in [0.05, 0.1) is 13.0 Å². The largest absolute Gasteiger partial charge is 0.469 e. The van der Waals surface area contributed by atoms with Gasteiger partial charge in [-0.3, -0.25) is 9.59 Å². The highest BCUT2D eigenvalue weighted by Gasteiger charge is 2.43. The molecule has 0 spiro atoms. The highest BCUT2D eigenvalue weighted by atomic mass is 16.5. The van der Waals surface area contributed by atoms with Crippen molar-refractivity contribution in [2.75, 3.05) is 26.7 Å². The number of alkyl carbamates (subject to hydrolysis) is 1. The number of esters is 1. The summed E-state index contributed by atoms with van der Waals surface area (Å²) in [6.45, 7) is 1.87. The average Bonchev–Trinajstić information content (AvgIpc) is 3.06. The standard InChI is InChI=1S/C19H25N3O5/c1-26-18(24)14-11-20-9-7-16(14)22-10-8-15(17(22)23)21-19(25)27-12-13-5-3-2-4-6-13/h2-6,14-16,20H,7-12H2,1H3,(H,21,25). The van der Waals surface area contributed by atoms with Crippen LogP contribution >= 0.6 is 0 Å². The molecular weight excluding hydrogens is 350 g/mol. The number of hydrogen-bond acceptors (Lipinski definition) is 6. The number of nitrogens with one attached hydrogen (secondary N) is 2. The molecule has 2 amide bonds. The molecule has 1 aromatic carbocycles. The van der Waals surface area contributed by atoms with Crippen molar-refractivity contribution in [1.82, 2.24) is 15.5 Å². The fourth-order valence-corrected chi connectivity index (χ4v) is 3.68. The van der Waals surface area contributed by atoms with Crippen LogP contribution in [0.25, 0.3) is 0 Å². The van der Waals surface area contributed by atoms with E-state index in [1.807, 2.05) is 30.3 Å². The number of carbonyl (C=O) groups is 3. The second-order valence-corrected chi connectivity index (χ2v) is 6.77. The van der Waals surface area contributed by atoms with Gasteiger partial charge in [-0.2, -0.15) is 0 Å². The molecule has 1 aromatic rings. The van der Waals surface area contributed by atoms with Gasteiger partial charge in [0.2, 0.25) is 5.91 Å². The Hall–Kier alpha value is -2.61. The maximum atomic E-state index is 12.8. The van der Waals surface area contributed by atoms with Crippen molar-refractivity contribution in [2.45, 2.75) is 31.5 Å². The van der Waals surface area contributed by atoms with E-state index in [-0.39, 0.29) is 24.5 Å². The molecule has 8 nitrogen and oxygen atoms in total. The molecule has 2 fully saturated rings. The molecule has 0 aliphatic carbocycles. The van der Waals surface area contributed by atoms with E-state index in [1.165, 1.54) is 7.11 Å². The van der Waals surface area contributed by atoms with E-state index in [2.05, 4.69) is 10.6 Å². The van der Waals surface area contributed by atoms with Gasteiger partial charge in [0, 0.05) is 19.1 Å². The highest BCUT2D eigenvalue weighted by molar-refractivity contribution is 5.88. The van der Waals surface area contributed by atoms with Crippen molar-refractivity contribution in [1.29, 1.82) is 0 Å². The molecular formula is C19H25N3O5. The molecule has 3 unspecified atom stereocenters. The first-order chi connectivity index (χ1) is 13.1. The Morgan fingerprint density at radius 2 is 2.04 bits per heavy atom. The van der Waals surface area contributed by atoms with E-state index < -0.39 is 18.1 Å². The van der Waals surface area contributed by atoms with Crippen molar-refractivity contribution in [2.24, 2.45) is 5.92 Å². The Morgan fingerprint density at radius 1 is 1.26 bits per heavy atom. The fourth-order valence-electron chi connectivity index (χ4n) is 3.68. The predicted molar refractivity (Wildman–Crippen MR) is 96.7 cm³/mol. The third kappa shape index (κ3) is 4.57. The van der Waals surface area contributed by atoms with Crippen LogP contribution in [0.15, 0.2) is 30.3 Å². The Morgan fingerprint density at radius 3 is 2.78 bits per heavy atom. The minimum atomic E-state index is -0.624. The second-order valence-electron chi connectivity index (χ2n) is 6.77. The Labute approximate surface area is 158 Å². The summed E-state index contributed by atoms with van der Waals surface area (Å²) in [5, 5.41) is 5.81. The number of carbonyl (C=O) groups excluding carboxylic acids is 3. The summed E-state index contributed by atoms with van der Waals surface area (Å²) in [6.07, 6.45) is 0.558. The van der Waals surface area contributed by atoms with Gasteiger partial charge in [-0.05, 0) is 24.9 Å². The van der Waals surface area contributed by atoms with Crippen LogP contribution in [0.3, 0.4) is 0 Å². The number of methoxy groups -OCH3 is 1. The highest BCUT2D eigenvalue weighted by Crippen LogP contribution is 2.25. The first-order valence-electron chi connectivity index (χ1n) is 9.16. The number of likely N-dealkylation sites (tertiary alicyclic amines) is 1. The predicted octanol–water partition coefficient (Wildman–Crippen LogP) is 0.665. The quantitative estimate of drug-likeness (QED) is 0.734. The summed E-state index contributed by atoms with van der Waals surface area (Å²) >= 11 is 0. The van der Waals surface area contributed by atoms with Crippen LogP contribution in [-0.2, 0) is 25.7 Å². The van der Waals surface area contributed by atoms with Crippen LogP contribution in [0.5, 0.6) is 0 Å². The molecule has 2 aliphatic heterocycles. The van der Waals surface area contributed by atoms with E-state index in [4.69, 9.17) is 9.47 Å². The van der Waals surface area contributed by atoms with Gasteiger partial charge < -0.3 is 25.0 Å². The number of rotatable bonds is 5. The summed E-state index contributed by atoms with van der Waals surface area (Å²) in [5.74, 6) is -0.886. The average molecular weight is 375 g/mol. The molecule has 27 heavy (non-hydrogen) atoms. The number of hydrogen-bond donors (Lipinski definition) is 2. The van der Waals surface area contributed by atoms with Crippen molar-refractivity contribution in [3.05, 3.63) is 35.9 Å². The third-order valence-electron chi connectivity index (χ3n) is 5.09. The van der Waals surface area contributed by atoms with Gasteiger partial charge in [-0.25, -0.2) is 4.79 Å². The lowest BCUT2D eigenvalue weighted by atomic mass is 9.92. The van der Waals surface area contributed by atoms with E-state index in [0.717, 1.165) is 12.1 Å². The third-order valence-corrected chi connectivity index (χ3v) is 5.09. The smallest absolute Gasteiger partial charge is 0.408 e. The number of nitrogens with zero attached hydrogens (tertiary/aromatic N) is 1. The molecule has 146 valence electrons. The molecule has 0 bridgehead atoms. The number of ether oxygens (including phenoxy) is 2. The Bertz CT molecular complexity index is 681. The van der Waals surface area contributed by atoms with Gasteiger partial charge in [0.25, 0.3) is 0 Å². The van der Waals surface area contributed by atoms with Gasteiger partial charge >= 0.3 is 12.1 Å². The first kappa shape index (κ1) is 19.2. The number of piperidine rings is 1. The zero-order valence-corrected chi connectivity index (χ0v) is 15.3. The van der Waals surface area contributed by atoms with E-state index in [9.17, 15) is 14.4 Å². The molecule has 2 saturated heterocycles. The summed E-state index contributed by atoms with van der Waals surface area (Å²) in [5.41, 5.74) is 0.877. The minimum absolute atomic E-state index is 0.149. The summed E-state index contributed by atoms with van der Waals surface area (Å²) < 4.78 is 10.1. The van der Waals surface area contributed by atoms with E-state index in [0.29, 0.717) is 25.9 Å². The Balaban J connectivity index is 1.54. The zero-order chi connectivity index (χ0) is 19.2. The van der Waals surface area contributed by atoms with Gasteiger partial charge in [0.1, 0.15) is 12.6 Å². The van der Waals surface area contributed by atoms with Gasteiger partial charge in [-0.1, -0.05) is 30.3 Å². The molecule has 0 radical (unpaired) electrons. The van der Waals surface area contributed by atoms with Crippen LogP contribution in [0.4, 0.5) is 4.79 Å². The van der Waals surface area contributed by atoms with Crippen LogP contribution in [-0.4, -0.2) is 61.7 Å². The van der Waals surface area contributed by atoms with Crippen molar-refractivity contribution in [3.63, 3.8) is 0 Å². The fraction of sp³-hybridized carbons (Fsp3) is 0.526.